The van der Waals surface area contributed by atoms with Crippen molar-refractivity contribution in [3.05, 3.63) is 48.0 Å². The van der Waals surface area contributed by atoms with Gasteiger partial charge in [0.25, 0.3) is 0 Å². The number of anilines is 1. The maximum absolute atomic E-state index is 12.3. The van der Waals surface area contributed by atoms with E-state index in [1.807, 2.05) is 49.4 Å². The number of aromatic nitrogens is 1. The van der Waals surface area contributed by atoms with Crippen molar-refractivity contribution in [2.24, 2.45) is 10.2 Å². The largest absolute Gasteiger partial charge is 0.487 e. The first-order chi connectivity index (χ1) is 19.0. The average molecular weight is 525 g/mol. The van der Waals surface area contributed by atoms with Crippen LogP contribution in [-0.2, 0) is 0 Å². The smallest absolute Gasteiger partial charge is 0.319 e. The van der Waals surface area contributed by atoms with Gasteiger partial charge in [0.15, 0.2) is 0 Å². The number of carbonyl (C=O) groups is 1. The summed E-state index contributed by atoms with van der Waals surface area (Å²) >= 11 is 0. The van der Waals surface area contributed by atoms with Crippen LogP contribution in [0, 0.1) is 11.3 Å². The summed E-state index contributed by atoms with van der Waals surface area (Å²) in [5.74, 6) is 0.740. The lowest BCUT2D eigenvalue weighted by molar-refractivity contribution is 0.240. The summed E-state index contributed by atoms with van der Waals surface area (Å²) in [5, 5.41) is 25.4. The van der Waals surface area contributed by atoms with Gasteiger partial charge in [0.05, 0.1) is 22.5 Å². The topological polar surface area (TPSA) is 104 Å². The molecule has 2 amide bonds. The van der Waals surface area contributed by atoms with Crippen LogP contribution in [0.1, 0.15) is 77.3 Å². The van der Waals surface area contributed by atoms with Gasteiger partial charge in [0.2, 0.25) is 0 Å². The summed E-state index contributed by atoms with van der Waals surface area (Å²) in [6, 6.07) is 16.5. The number of amides is 2. The molecule has 1 saturated carbocycles. The summed E-state index contributed by atoms with van der Waals surface area (Å²) in [4.78, 5) is 12.3. The first-order valence-corrected chi connectivity index (χ1v) is 13.9. The van der Waals surface area contributed by atoms with Crippen LogP contribution in [0.25, 0.3) is 22.2 Å². The Labute approximate surface area is 229 Å². The Hall–Kier alpha value is -4.12. The Morgan fingerprint density at radius 1 is 1.21 bits per heavy atom. The van der Waals surface area contributed by atoms with Gasteiger partial charge < -0.3 is 19.9 Å². The predicted octanol–water partition coefficient (Wildman–Crippen LogP) is 7.20. The third kappa shape index (κ3) is 5.83. The molecule has 2 heterocycles. The van der Waals surface area contributed by atoms with Crippen LogP contribution in [0.5, 0.6) is 5.75 Å². The van der Waals surface area contributed by atoms with E-state index < -0.39 is 0 Å². The van der Waals surface area contributed by atoms with Crippen molar-refractivity contribution in [2.75, 3.05) is 11.9 Å². The first kappa shape index (κ1) is 26.5. The molecule has 1 atom stereocenters. The molecule has 1 unspecified atom stereocenters. The van der Waals surface area contributed by atoms with Crippen LogP contribution in [0.15, 0.2) is 52.7 Å². The van der Waals surface area contributed by atoms with Gasteiger partial charge in [-0.1, -0.05) is 31.9 Å². The number of nitriles is 1. The Morgan fingerprint density at radius 2 is 2.00 bits per heavy atom. The van der Waals surface area contributed by atoms with E-state index in [-0.39, 0.29) is 18.1 Å². The number of nitrogens with one attached hydrogen (secondary N) is 2. The van der Waals surface area contributed by atoms with Crippen molar-refractivity contribution in [3.8, 4) is 23.1 Å². The van der Waals surface area contributed by atoms with Crippen LogP contribution < -0.4 is 15.4 Å². The molecule has 5 rings (SSSR count). The van der Waals surface area contributed by atoms with Crippen molar-refractivity contribution < 1.29 is 9.53 Å². The summed E-state index contributed by atoms with van der Waals surface area (Å²) in [6.07, 6.45) is 7.18. The second kappa shape index (κ2) is 11.7. The van der Waals surface area contributed by atoms with E-state index in [0.29, 0.717) is 12.2 Å². The number of rotatable bonds is 10. The monoisotopic (exact) mass is 524 g/mol. The molecule has 2 aliphatic rings. The molecule has 2 N–H and O–H groups in total. The molecule has 39 heavy (non-hydrogen) atoms. The van der Waals surface area contributed by atoms with Crippen LogP contribution in [0.2, 0.25) is 0 Å². The lowest BCUT2D eigenvalue weighted by Gasteiger charge is -2.26. The summed E-state index contributed by atoms with van der Waals surface area (Å²) in [7, 11) is 0. The minimum Gasteiger partial charge on any atom is -0.487 e. The molecule has 0 spiro atoms. The van der Waals surface area contributed by atoms with Gasteiger partial charge in [0.1, 0.15) is 18.4 Å². The van der Waals surface area contributed by atoms with E-state index in [1.165, 1.54) is 6.42 Å². The van der Waals surface area contributed by atoms with E-state index in [4.69, 9.17) is 4.74 Å². The number of urea groups is 1. The second-order valence-electron chi connectivity index (χ2n) is 10.6. The quantitative estimate of drug-likeness (QED) is 0.293. The fourth-order valence-corrected chi connectivity index (χ4v) is 5.25. The molecule has 1 aliphatic heterocycles. The van der Waals surface area contributed by atoms with Crippen LogP contribution in [-0.4, -0.2) is 34.7 Å². The number of unbranched alkanes of at least 4 members (excludes halogenated alkanes) is 1. The van der Waals surface area contributed by atoms with Crippen LogP contribution in [0.3, 0.4) is 0 Å². The number of hydrogen-bond acceptors (Lipinski definition) is 5. The molecule has 202 valence electrons. The molecule has 8 heteroatoms. The van der Waals surface area contributed by atoms with Crippen LogP contribution in [0.4, 0.5) is 10.5 Å². The Kier molecular flexibility index (Phi) is 7.97. The van der Waals surface area contributed by atoms with Crippen molar-refractivity contribution in [1.82, 2.24) is 9.88 Å². The summed E-state index contributed by atoms with van der Waals surface area (Å²) in [5.41, 5.74) is 6.08. The zero-order chi connectivity index (χ0) is 27.4. The normalized spacial score (nSPS) is 15.7. The Bertz CT molecular complexity index is 1460. The van der Waals surface area contributed by atoms with Gasteiger partial charge in [-0.05, 0) is 69.4 Å². The standard InChI is InChI=1S/C31H36N6O2/c1-4-5-7-21(3)37-29-17-26(39-19-25-16-20(2)35-36-25)14-15-27(29)28(18-32)30(37)22-10-12-24(13-11-22)34-31(38)33-23-8-6-9-23/h10-15,17,21,23H,4-9,16,19H2,1-3H3,(H2,33,34,38). The molecular formula is C31H36N6O2. The maximum atomic E-state index is 12.3. The van der Waals surface area contributed by atoms with Crippen LogP contribution >= 0.6 is 0 Å². The minimum absolute atomic E-state index is 0.176. The molecule has 1 aliphatic carbocycles. The van der Waals surface area contributed by atoms with Crippen molar-refractivity contribution in [1.29, 1.82) is 5.26 Å². The fourth-order valence-electron chi connectivity index (χ4n) is 5.25. The Morgan fingerprint density at radius 3 is 2.64 bits per heavy atom. The highest BCUT2D eigenvalue weighted by atomic mass is 16.5. The minimum atomic E-state index is -0.176. The molecule has 1 aromatic heterocycles. The summed E-state index contributed by atoms with van der Waals surface area (Å²) < 4.78 is 8.38. The molecule has 8 nitrogen and oxygen atoms in total. The molecule has 0 bridgehead atoms. The number of nitrogens with zero attached hydrogens (tertiary/aromatic N) is 4. The van der Waals surface area contributed by atoms with Crippen molar-refractivity contribution >= 4 is 34.0 Å². The highest BCUT2D eigenvalue weighted by Gasteiger charge is 2.23. The first-order valence-electron chi connectivity index (χ1n) is 13.9. The fraction of sp³-hybridized carbons (Fsp3) is 0.419. The Balaban J connectivity index is 1.47. The maximum Gasteiger partial charge on any atom is 0.319 e. The van der Waals surface area contributed by atoms with Gasteiger partial charge in [0, 0.05) is 41.4 Å². The van der Waals surface area contributed by atoms with E-state index in [2.05, 4.69) is 45.3 Å². The number of ether oxygens (including phenoxy) is 1. The number of benzene rings is 2. The lowest BCUT2D eigenvalue weighted by Crippen LogP contribution is -2.41. The van der Waals surface area contributed by atoms with E-state index in [0.717, 1.165) is 83.5 Å². The molecule has 0 radical (unpaired) electrons. The summed E-state index contributed by atoms with van der Waals surface area (Å²) in [6.45, 7) is 6.75. The van der Waals surface area contributed by atoms with Gasteiger partial charge in [-0.15, -0.1) is 0 Å². The van der Waals surface area contributed by atoms with Gasteiger partial charge >= 0.3 is 6.03 Å². The number of hydrogen-bond donors (Lipinski definition) is 2. The molecular weight excluding hydrogens is 488 g/mol. The van der Waals surface area contributed by atoms with E-state index >= 15 is 0 Å². The van der Waals surface area contributed by atoms with Gasteiger partial charge in [-0.25, -0.2) is 4.79 Å². The SMILES string of the molecule is CCCCC(C)n1c(-c2ccc(NC(=O)NC3CCC3)cc2)c(C#N)c2ccc(OCC3=NN=C(C)C3)cc21. The molecule has 2 aromatic carbocycles. The third-order valence-corrected chi connectivity index (χ3v) is 7.59. The average Bonchev–Trinajstić information content (AvgIpc) is 3.48. The number of fused-ring (bicyclic) bond motifs is 1. The highest BCUT2D eigenvalue weighted by Crippen LogP contribution is 2.39. The molecule has 3 aromatic rings. The molecule has 0 saturated heterocycles. The van der Waals surface area contributed by atoms with Crippen molar-refractivity contribution in [2.45, 2.75) is 77.8 Å². The number of carbonyl (C=O) groups excluding carboxylic acids is 1. The molecule has 1 fully saturated rings. The zero-order valence-electron chi connectivity index (χ0n) is 23.0. The second-order valence-corrected chi connectivity index (χ2v) is 10.6. The van der Waals surface area contributed by atoms with E-state index in [1.54, 1.807) is 0 Å². The van der Waals surface area contributed by atoms with Gasteiger partial charge in [-0.2, -0.15) is 15.5 Å². The predicted molar refractivity (Wildman–Crippen MR) is 157 cm³/mol. The lowest BCUT2D eigenvalue weighted by atomic mass is 9.93. The highest BCUT2D eigenvalue weighted by molar-refractivity contribution is 6.07. The van der Waals surface area contributed by atoms with E-state index in [9.17, 15) is 10.1 Å². The third-order valence-electron chi connectivity index (χ3n) is 7.59. The zero-order valence-corrected chi connectivity index (χ0v) is 23.0. The van der Waals surface area contributed by atoms with Crippen molar-refractivity contribution in [3.63, 3.8) is 0 Å². The van der Waals surface area contributed by atoms with Gasteiger partial charge in [-0.3, -0.25) is 0 Å².